The van der Waals surface area contributed by atoms with E-state index in [2.05, 4.69) is 41.9 Å². The number of amidine groups is 2. The summed E-state index contributed by atoms with van der Waals surface area (Å²) in [5.41, 5.74) is 0. The van der Waals surface area contributed by atoms with Crippen molar-refractivity contribution >= 4 is 23.7 Å². The number of hydrogen-bond acceptors (Lipinski definition) is 7. The van der Waals surface area contributed by atoms with Crippen molar-refractivity contribution in [2.45, 2.75) is 82.4 Å². The van der Waals surface area contributed by atoms with Crippen molar-refractivity contribution in [1.29, 1.82) is 0 Å². The minimum Gasteiger partial charge on any atom is -0.389 e. The second-order valence-electron chi connectivity index (χ2n) is 10.6. The molecule has 0 unspecified atom stereocenters. The molecule has 2 aliphatic carbocycles. The molecule has 4 rings (SSSR count). The van der Waals surface area contributed by atoms with E-state index in [1.165, 1.54) is 0 Å². The molecule has 36 heavy (non-hydrogen) atoms. The van der Waals surface area contributed by atoms with Crippen LogP contribution in [-0.2, 0) is 0 Å². The van der Waals surface area contributed by atoms with Crippen molar-refractivity contribution in [3.8, 4) is 0 Å². The summed E-state index contributed by atoms with van der Waals surface area (Å²) in [4.78, 5) is 33.7. The molecule has 11 heteroatoms. The molecule has 0 radical (unpaired) electrons. The monoisotopic (exact) mass is 504 g/mol. The van der Waals surface area contributed by atoms with Gasteiger partial charge in [-0.15, -0.1) is 0 Å². The Morgan fingerprint density at radius 3 is 1.53 bits per heavy atom. The molecule has 11 nitrogen and oxygen atoms in total. The third kappa shape index (κ3) is 8.25. The lowest BCUT2D eigenvalue weighted by Gasteiger charge is -2.31. The first kappa shape index (κ1) is 26.5. The maximum absolute atomic E-state index is 12.3. The number of urea groups is 2. The Bertz CT molecular complexity index is 724. The molecule has 2 heterocycles. The number of rotatable bonds is 8. The fourth-order valence-electron chi connectivity index (χ4n) is 5.64. The van der Waals surface area contributed by atoms with Gasteiger partial charge in [0, 0.05) is 63.2 Å². The maximum atomic E-state index is 12.3. The van der Waals surface area contributed by atoms with E-state index in [9.17, 15) is 14.7 Å². The quantitative estimate of drug-likeness (QED) is 0.261. The lowest BCUT2D eigenvalue weighted by Crippen LogP contribution is -2.50. The normalized spacial score (nSPS) is 29.4. The number of nitrogens with zero attached hydrogens (tertiary/aromatic N) is 2. The molecule has 2 fully saturated rings. The molecule has 0 aromatic rings. The van der Waals surface area contributed by atoms with E-state index in [1.807, 2.05) is 0 Å². The van der Waals surface area contributed by atoms with Crippen LogP contribution in [0.2, 0.25) is 0 Å². The van der Waals surface area contributed by atoms with Crippen LogP contribution in [0, 0.1) is 11.8 Å². The Morgan fingerprint density at radius 2 is 1.17 bits per heavy atom. The highest BCUT2D eigenvalue weighted by Crippen LogP contribution is 2.26. The molecular formula is C25H44N8O3. The van der Waals surface area contributed by atoms with Crippen molar-refractivity contribution in [3.05, 3.63) is 0 Å². The predicted octanol–water partition coefficient (Wildman–Crippen LogP) is 0.847. The predicted molar refractivity (Wildman–Crippen MR) is 140 cm³/mol. The van der Waals surface area contributed by atoms with Crippen LogP contribution >= 0.6 is 0 Å². The Hall–Kier alpha value is -2.56. The van der Waals surface area contributed by atoms with E-state index in [1.54, 1.807) is 0 Å². The van der Waals surface area contributed by atoms with Gasteiger partial charge in [0.25, 0.3) is 0 Å². The standard InChI is InChI=1S/C25H44N8O3/c34-21(15-30-24(35)32-19-7-3-17(4-8-19)22-26-11-1-12-27-22)16-31-25(36)33-20-9-5-18(6-10-20)23-28-13-2-14-29-23/h17-21,34H,1-16H2,(H,26,27)(H,28,29)(H2,30,32,35)(H2,31,33,36). The van der Waals surface area contributed by atoms with E-state index in [0.29, 0.717) is 11.8 Å². The number of amides is 4. The van der Waals surface area contributed by atoms with Gasteiger partial charge in [-0.25, -0.2) is 9.59 Å². The average molecular weight is 505 g/mol. The highest BCUT2D eigenvalue weighted by Gasteiger charge is 2.28. The van der Waals surface area contributed by atoms with Crippen molar-refractivity contribution < 1.29 is 14.7 Å². The van der Waals surface area contributed by atoms with E-state index in [-0.39, 0.29) is 37.2 Å². The number of aliphatic imine (C=N–C) groups is 2. The second-order valence-corrected chi connectivity index (χ2v) is 10.6. The smallest absolute Gasteiger partial charge is 0.315 e. The molecule has 4 amide bonds. The molecule has 0 aromatic carbocycles. The molecule has 0 saturated heterocycles. The van der Waals surface area contributed by atoms with Crippen LogP contribution < -0.4 is 31.9 Å². The highest BCUT2D eigenvalue weighted by atomic mass is 16.3. The summed E-state index contributed by atoms with van der Waals surface area (Å²) in [5.74, 6) is 3.24. The topological polar surface area (TPSA) is 151 Å². The van der Waals surface area contributed by atoms with Crippen LogP contribution in [0.4, 0.5) is 9.59 Å². The van der Waals surface area contributed by atoms with Crippen LogP contribution in [0.3, 0.4) is 0 Å². The van der Waals surface area contributed by atoms with Gasteiger partial charge in [0.2, 0.25) is 0 Å². The SMILES string of the molecule is O=C(NCC(O)CNC(=O)NC1CCC(C2=NCCCN2)CC1)NC1CCC(C2=NCCCN2)CC1. The van der Waals surface area contributed by atoms with Crippen molar-refractivity contribution in [2.75, 3.05) is 39.3 Å². The van der Waals surface area contributed by atoms with Crippen LogP contribution in [-0.4, -0.2) is 86.3 Å². The number of hydrogen-bond donors (Lipinski definition) is 7. The summed E-state index contributed by atoms with van der Waals surface area (Å²) in [7, 11) is 0. The molecule has 0 aromatic heterocycles. The van der Waals surface area contributed by atoms with E-state index in [0.717, 1.165) is 102 Å². The number of aliphatic hydroxyl groups is 1. The minimum absolute atomic E-state index is 0.0857. The minimum atomic E-state index is -0.848. The first-order chi connectivity index (χ1) is 17.6. The van der Waals surface area contributed by atoms with Crippen LogP contribution in [0.5, 0.6) is 0 Å². The molecule has 7 N–H and O–H groups in total. The summed E-state index contributed by atoms with van der Waals surface area (Å²) < 4.78 is 0. The van der Waals surface area contributed by atoms with Crippen molar-refractivity contribution in [3.63, 3.8) is 0 Å². The first-order valence-corrected chi connectivity index (χ1v) is 13.9. The molecule has 0 spiro atoms. The average Bonchev–Trinajstić information content (AvgIpc) is 2.92. The largest absolute Gasteiger partial charge is 0.389 e. The van der Waals surface area contributed by atoms with Crippen molar-refractivity contribution in [1.82, 2.24) is 31.9 Å². The fraction of sp³-hybridized carbons (Fsp3) is 0.840. The van der Waals surface area contributed by atoms with Gasteiger partial charge in [-0.05, 0) is 64.2 Å². The summed E-state index contributed by atoms with van der Waals surface area (Å²) in [5, 5.41) is 28.5. The fourth-order valence-corrected chi connectivity index (χ4v) is 5.64. The number of nitrogens with one attached hydrogen (secondary N) is 6. The van der Waals surface area contributed by atoms with Crippen LogP contribution in [0.25, 0.3) is 0 Å². The van der Waals surface area contributed by atoms with Gasteiger partial charge in [0.1, 0.15) is 0 Å². The third-order valence-electron chi connectivity index (χ3n) is 7.74. The Morgan fingerprint density at radius 1 is 0.750 bits per heavy atom. The summed E-state index contributed by atoms with van der Waals surface area (Å²) in [6, 6.07) is -0.266. The molecule has 4 aliphatic rings. The third-order valence-corrected chi connectivity index (χ3v) is 7.74. The maximum Gasteiger partial charge on any atom is 0.315 e. The summed E-state index contributed by atoms with van der Waals surface area (Å²) >= 11 is 0. The first-order valence-electron chi connectivity index (χ1n) is 13.9. The van der Waals surface area contributed by atoms with Gasteiger partial charge in [0.15, 0.2) is 0 Å². The molecule has 0 bridgehead atoms. The molecule has 2 aliphatic heterocycles. The summed E-state index contributed by atoms with van der Waals surface area (Å²) in [6.45, 7) is 4.01. The van der Waals surface area contributed by atoms with Gasteiger partial charge >= 0.3 is 12.1 Å². The van der Waals surface area contributed by atoms with E-state index in [4.69, 9.17) is 0 Å². The highest BCUT2D eigenvalue weighted by molar-refractivity contribution is 5.85. The van der Waals surface area contributed by atoms with Crippen molar-refractivity contribution in [2.24, 2.45) is 21.8 Å². The number of aliphatic hydroxyl groups excluding tert-OH is 1. The zero-order chi connectivity index (χ0) is 25.2. The molecule has 0 atom stereocenters. The number of carbonyl (C=O) groups is 2. The lowest BCUT2D eigenvalue weighted by molar-refractivity contribution is 0.165. The zero-order valence-corrected chi connectivity index (χ0v) is 21.4. The molecule has 202 valence electrons. The Labute approximate surface area is 214 Å². The van der Waals surface area contributed by atoms with Gasteiger partial charge in [-0.2, -0.15) is 0 Å². The van der Waals surface area contributed by atoms with Gasteiger partial charge in [-0.1, -0.05) is 0 Å². The molecule has 2 saturated carbocycles. The van der Waals surface area contributed by atoms with Gasteiger partial charge in [-0.3, -0.25) is 9.98 Å². The Balaban J connectivity index is 1.04. The summed E-state index contributed by atoms with van der Waals surface area (Å²) in [6.07, 6.45) is 9.13. The van der Waals surface area contributed by atoms with Crippen LogP contribution in [0.1, 0.15) is 64.2 Å². The zero-order valence-electron chi connectivity index (χ0n) is 21.4. The van der Waals surface area contributed by atoms with Gasteiger partial charge in [0.05, 0.1) is 17.8 Å². The lowest BCUT2D eigenvalue weighted by atomic mass is 9.85. The number of carbonyl (C=O) groups excluding carboxylic acids is 2. The van der Waals surface area contributed by atoms with E-state index < -0.39 is 6.10 Å². The second kappa shape index (κ2) is 13.7. The van der Waals surface area contributed by atoms with Crippen LogP contribution in [0.15, 0.2) is 9.98 Å². The Kier molecular flexibility index (Phi) is 10.1. The van der Waals surface area contributed by atoms with Gasteiger partial charge < -0.3 is 37.0 Å². The van der Waals surface area contributed by atoms with E-state index >= 15 is 0 Å². The molecular weight excluding hydrogens is 460 g/mol.